The molecule has 1 aromatic heterocycles. The third-order valence-corrected chi connectivity index (χ3v) is 4.97. The Morgan fingerprint density at radius 3 is 2.50 bits per heavy atom. The lowest BCUT2D eigenvalue weighted by molar-refractivity contribution is 0.390. The molecule has 0 fully saturated rings. The molecule has 2 aromatic rings. The molecule has 0 saturated heterocycles. The van der Waals surface area contributed by atoms with Gasteiger partial charge in [-0.3, -0.25) is 4.31 Å². The van der Waals surface area contributed by atoms with Gasteiger partial charge < -0.3 is 4.52 Å². The average molecular weight is 291 g/mol. The van der Waals surface area contributed by atoms with Crippen molar-refractivity contribution < 1.29 is 12.9 Å². The largest absolute Gasteiger partial charge is 0.360 e. The van der Waals surface area contributed by atoms with Crippen LogP contribution in [0.3, 0.4) is 0 Å². The Hall–Kier alpha value is -2.33. The zero-order valence-electron chi connectivity index (χ0n) is 11.3. The quantitative estimate of drug-likeness (QED) is 0.863. The Bertz CT molecular complexity index is 768. The van der Waals surface area contributed by atoms with Gasteiger partial charge in [0.25, 0.3) is 10.0 Å². The summed E-state index contributed by atoms with van der Waals surface area (Å²) in [4.78, 5) is 0.0349. The van der Waals surface area contributed by atoms with Crippen molar-refractivity contribution in [2.75, 3.05) is 11.4 Å². The van der Waals surface area contributed by atoms with E-state index in [4.69, 9.17) is 9.78 Å². The third kappa shape index (κ3) is 2.14. The SMILES string of the molecule is Cc1noc(C)c1S(=O)(=O)N(C)c1ccccc1C#N. The van der Waals surface area contributed by atoms with Crippen molar-refractivity contribution in [1.82, 2.24) is 5.16 Å². The van der Waals surface area contributed by atoms with E-state index in [1.807, 2.05) is 6.07 Å². The van der Waals surface area contributed by atoms with E-state index in [0.29, 0.717) is 11.4 Å². The number of hydrogen-bond acceptors (Lipinski definition) is 5. The first-order valence-electron chi connectivity index (χ1n) is 5.80. The van der Waals surface area contributed by atoms with Gasteiger partial charge in [0.2, 0.25) is 0 Å². The van der Waals surface area contributed by atoms with Crippen LogP contribution in [-0.2, 0) is 10.0 Å². The molecule has 0 bridgehead atoms. The van der Waals surface area contributed by atoms with Crippen LogP contribution in [0, 0.1) is 25.2 Å². The summed E-state index contributed by atoms with van der Waals surface area (Å²) in [7, 11) is -2.42. The number of benzene rings is 1. The van der Waals surface area contributed by atoms with Crippen LogP contribution in [0.15, 0.2) is 33.7 Å². The van der Waals surface area contributed by atoms with Crippen LogP contribution in [0.1, 0.15) is 17.0 Å². The lowest BCUT2D eigenvalue weighted by atomic mass is 10.2. The summed E-state index contributed by atoms with van der Waals surface area (Å²) in [5.41, 5.74) is 0.893. The number of rotatable bonds is 3. The summed E-state index contributed by atoms with van der Waals surface area (Å²) >= 11 is 0. The van der Waals surface area contributed by atoms with Crippen molar-refractivity contribution in [2.24, 2.45) is 0 Å². The second-order valence-corrected chi connectivity index (χ2v) is 6.16. The van der Waals surface area contributed by atoms with Crippen molar-refractivity contribution in [3.63, 3.8) is 0 Å². The first-order chi connectivity index (χ1) is 9.39. The Morgan fingerprint density at radius 2 is 1.95 bits per heavy atom. The molecule has 0 aliphatic heterocycles. The maximum atomic E-state index is 12.6. The highest BCUT2D eigenvalue weighted by Gasteiger charge is 2.29. The van der Waals surface area contributed by atoms with Gasteiger partial charge in [0.1, 0.15) is 11.8 Å². The van der Waals surface area contributed by atoms with E-state index in [0.717, 1.165) is 4.31 Å². The second-order valence-electron chi connectivity index (χ2n) is 4.25. The fourth-order valence-corrected chi connectivity index (χ4v) is 3.46. The topological polar surface area (TPSA) is 87.2 Å². The molecule has 0 atom stereocenters. The van der Waals surface area contributed by atoms with Crippen molar-refractivity contribution in [1.29, 1.82) is 5.26 Å². The van der Waals surface area contributed by atoms with Gasteiger partial charge in [-0.1, -0.05) is 17.3 Å². The second kappa shape index (κ2) is 4.98. The monoisotopic (exact) mass is 291 g/mol. The summed E-state index contributed by atoms with van der Waals surface area (Å²) in [5, 5.41) is 12.7. The lowest BCUT2D eigenvalue weighted by Gasteiger charge is -2.20. The van der Waals surface area contributed by atoms with Crippen LogP contribution in [0.2, 0.25) is 0 Å². The summed E-state index contributed by atoms with van der Waals surface area (Å²) < 4.78 is 31.2. The zero-order valence-corrected chi connectivity index (χ0v) is 12.1. The molecule has 1 heterocycles. The molecular weight excluding hydrogens is 278 g/mol. The van der Waals surface area contributed by atoms with Gasteiger partial charge in [0.05, 0.1) is 11.3 Å². The molecular formula is C13H13N3O3S. The van der Waals surface area contributed by atoms with Gasteiger partial charge in [-0.2, -0.15) is 5.26 Å². The minimum absolute atomic E-state index is 0.0349. The van der Waals surface area contributed by atoms with Gasteiger partial charge in [-0.25, -0.2) is 8.42 Å². The standard InChI is InChI=1S/C13H13N3O3S/c1-9-13(10(2)19-15-9)20(17,18)16(3)12-7-5-4-6-11(12)8-14/h4-7H,1-3H3. The third-order valence-electron chi connectivity index (χ3n) is 2.95. The van der Waals surface area contributed by atoms with Crippen molar-refractivity contribution in [2.45, 2.75) is 18.7 Å². The lowest BCUT2D eigenvalue weighted by Crippen LogP contribution is -2.28. The van der Waals surface area contributed by atoms with E-state index in [1.54, 1.807) is 31.2 Å². The number of sulfonamides is 1. The fraction of sp³-hybridized carbons (Fsp3) is 0.231. The molecule has 0 radical (unpaired) electrons. The number of anilines is 1. The first kappa shape index (κ1) is 14.1. The van der Waals surface area contributed by atoms with Crippen LogP contribution in [-0.4, -0.2) is 20.6 Å². The van der Waals surface area contributed by atoms with Gasteiger partial charge in [0, 0.05) is 7.05 Å². The molecule has 6 nitrogen and oxygen atoms in total. The van der Waals surface area contributed by atoms with E-state index in [2.05, 4.69) is 5.16 Å². The van der Waals surface area contributed by atoms with E-state index >= 15 is 0 Å². The summed E-state index contributed by atoms with van der Waals surface area (Å²) in [5.74, 6) is 0.226. The van der Waals surface area contributed by atoms with E-state index < -0.39 is 10.0 Å². The summed E-state index contributed by atoms with van der Waals surface area (Å²) in [6.45, 7) is 3.10. The molecule has 20 heavy (non-hydrogen) atoms. The first-order valence-corrected chi connectivity index (χ1v) is 7.24. The van der Waals surface area contributed by atoms with Crippen LogP contribution < -0.4 is 4.31 Å². The zero-order chi connectivity index (χ0) is 14.9. The number of nitriles is 1. The molecule has 0 N–H and O–H groups in total. The Kier molecular flexibility index (Phi) is 3.51. The maximum Gasteiger partial charge on any atom is 0.269 e. The maximum absolute atomic E-state index is 12.6. The van der Waals surface area contributed by atoms with E-state index in [-0.39, 0.29) is 16.2 Å². The summed E-state index contributed by atoms with van der Waals surface area (Å²) in [6.07, 6.45) is 0. The number of nitrogens with zero attached hydrogens (tertiary/aromatic N) is 3. The minimum Gasteiger partial charge on any atom is -0.360 e. The highest BCUT2D eigenvalue weighted by molar-refractivity contribution is 7.92. The van der Waals surface area contributed by atoms with Crippen LogP contribution in [0.25, 0.3) is 0 Å². The molecule has 0 amide bonds. The molecule has 1 aromatic carbocycles. The molecule has 0 unspecified atom stereocenters. The van der Waals surface area contributed by atoms with Gasteiger partial charge in [0.15, 0.2) is 10.7 Å². The minimum atomic E-state index is -3.82. The Morgan fingerprint density at radius 1 is 1.30 bits per heavy atom. The molecule has 0 aliphatic carbocycles. The predicted octanol–water partition coefficient (Wildman–Crippen LogP) is 1.99. The Labute approximate surface area is 117 Å². The van der Waals surface area contributed by atoms with Crippen molar-refractivity contribution in [3.8, 4) is 6.07 Å². The molecule has 0 saturated carbocycles. The average Bonchev–Trinajstić information content (AvgIpc) is 2.77. The predicted molar refractivity (Wildman–Crippen MR) is 72.7 cm³/mol. The highest BCUT2D eigenvalue weighted by atomic mass is 32.2. The molecule has 7 heteroatoms. The molecule has 104 valence electrons. The van der Waals surface area contributed by atoms with Gasteiger partial charge in [-0.15, -0.1) is 0 Å². The normalized spacial score (nSPS) is 11.1. The van der Waals surface area contributed by atoms with Crippen LogP contribution in [0.5, 0.6) is 0 Å². The van der Waals surface area contributed by atoms with Gasteiger partial charge in [-0.05, 0) is 26.0 Å². The smallest absolute Gasteiger partial charge is 0.269 e. The molecule has 0 spiro atoms. The molecule has 0 aliphatic rings. The number of hydrogen-bond donors (Lipinski definition) is 0. The van der Waals surface area contributed by atoms with Crippen LogP contribution in [0.4, 0.5) is 5.69 Å². The van der Waals surface area contributed by atoms with Crippen molar-refractivity contribution in [3.05, 3.63) is 41.3 Å². The van der Waals surface area contributed by atoms with Crippen molar-refractivity contribution >= 4 is 15.7 Å². The number of aromatic nitrogens is 1. The van der Waals surface area contributed by atoms with Crippen LogP contribution >= 0.6 is 0 Å². The molecule has 2 rings (SSSR count). The Balaban J connectivity index is 2.59. The number of para-hydroxylation sites is 1. The number of aryl methyl sites for hydroxylation is 2. The fourth-order valence-electron chi connectivity index (χ4n) is 1.95. The van der Waals surface area contributed by atoms with E-state index in [9.17, 15) is 8.42 Å². The van der Waals surface area contributed by atoms with E-state index in [1.165, 1.54) is 14.0 Å². The summed E-state index contributed by atoms with van der Waals surface area (Å²) in [6, 6.07) is 8.47. The van der Waals surface area contributed by atoms with Gasteiger partial charge >= 0.3 is 0 Å². The highest BCUT2D eigenvalue weighted by Crippen LogP contribution is 2.28.